The van der Waals surface area contributed by atoms with E-state index < -0.39 is 22.5 Å². The van der Waals surface area contributed by atoms with E-state index in [4.69, 9.17) is 14.2 Å². The summed E-state index contributed by atoms with van der Waals surface area (Å²) in [5.41, 5.74) is 2.70. The summed E-state index contributed by atoms with van der Waals surface area (Å²) in [6.07, 6.45) is 0.537. The molecule has 0 aliphatic rings. The minimum atomic E-state index is -4.13. The molecule has 4 rings (SSSR count). The van der Waals surface area contributed by atoms with Gasteiger partial charge in [0.15, 0.2) is 11.5 Å². The maximum Gasteiger partial charge on any atom is 0.264 e. The highest BCUT2D eigenvalue weighted by Gasteiger charge is 2.28. The Balaban J connectivity index is 1.49. The van der Waals surface area contributed by atoms with Gasteiger partial charge in [0, 0.05) is 6.54 Å². The van der Waals surface area contributed by atoms with Crippen molar-refractivity contribution in [1.82, 2.24) is 5.32 Å². The van der Waals surface area contributed by atoms with Gasteiger partial charge >= 0.3 is 0 Å². The SMILES string of the molecule is COc1ccc(S(=O)(=O)N(CC(=O)Nc2ccccc2C(=O)NCCc2ccc(OC)c(OC)c2)c2ccc(C)cc2)cc1. The summed E-state index contributed by atoms with van der Waals surface area (Å²) in [5.74, 6) is 0.707. The van der Waals surface area contributed by atoms with Gasteiger partial charge in [-0.25, -0.2) is 8.42 Å². The number of ether oxygens (including phenoxy) is 3. The standard InChI is InChI=1S/C33H35N3O7S/c1-23-9-12-25(13-10-23)36(44(39,40)27-16-14-26(41-2)15-17-27)22-32(37)35-29-8-6-5-7-28(29)33(38)34-20-19-24-11-18-30(42-3)31(21-24)43-4/h5-18,21H,19-20,22H2,1-4H3,(H,34,38)(H,35,37). The Morgan fingerprint density at radius 1 is 0.795 bits per heavy atom. The molecular weight excluding hydrogens is 582 g/mol. The predicted octanol–water partition coefficient (Wildman–Crippen LogP) is 4.83. The fraction of sp³-hybridized carbons (Fsp3) is 0.212. The molecule has 0 saturated heterocycles. The molecule has 0 radical (unpaired) electrons. The zero-order chi connectivity index (χ0) is 31.7. The van der Waals surface area contributed by atoms with Crippen molar-refractivity contribution in [3.63, 3.8) is 0 Å². The van der Waals surface area contributed by atoms with Crippen LogP contribution in [0.15, 0.2) is 95.9 Å². The van der Waals surface area contributed by atoms with E-state index in [1.54, 1.807) is 80.9 Å². The summed E-state index contributed by atoms with van der Waals surface area (Å²) < 4.78 is 44.2. The molecule has 2 amide bonds. The molecule has 0 atom stereocenters. The lowest BCUT2D eigenvalue weighted by molar-refractivity contribution is -0.114. The number of amides is 2. The number of nitrogens with one attached hydrogen (secondary N) is 2. The minimum absolute atomic E-state index is 0.000864. The van der Waals surface area contributed by atoms with Gasteiger partial charge in [-0.3, -0.25) is 13.9 Å². The molecule has 0 aromatic heterocycles. The summed E-state index contributed by atoms with van der Waals surface area (Å²) >= 11 is 0. The lowest BCUT2D eigenvalue weighted by Crippen LogP contribution is -2.38. The second-order valence-electron chi connectivity index (χ2n) is 9.81. The molecule has 0 heterocycles. The van der Waals surface area contributed by atoms with Crippen LogP contribution < -0.4 is 29.1 Å². The lowest BCUT2D eigenvalue weighted by atomic mass is 10.1. The maximum absolute atomic E-state index is 13.7. The molecule has 10 nitrogen and oxygen atoms in total. The fourth-order valence-corrected chi connectivity index (χ4v) is 5.88. The Kier molecular flexibility index (Phi) is 10.5. The summed E-state index contributed by atoms with van der Waals surface area (Å²) in [7, 11) is 0.478. The number of anilines is 2. The van der Waals surface area contributed by atoms with Gasteiger partial charge in [-0.1, -0.05) is 35.9 Å². The topological polar surface area (TPSA) is 123 Å². The third-order valence-electron chi connectivity index (χ3n) is 6.85. The summed E-state index contributed by atoms with van der Waals surface area (Å²) in [5, 5.41) is 5.60. The molecule has 0 saturated carbocycles. The highest BCUT2D eigenvalue weighted by atomic mass is 32.2. The van der Waals surface area contributed by atoms with Crippen LogP contribution in [0.25, 0.3) is 0 Å². The highest BCUT2D eigenvalue weighted by Crippen LogP contribution is 2.28. The first-order valence-electron chi connectivity index (χ1n) is 13.8. The van der Waals surface area contributed by atoms with Crippen LogP contribution in [0.1, 0.15) is 21.5 Å². The Labute approximate surface area is 257 Å². The first-order chi connectivity index (χ1) is 21.2. The van der Waals surface area contributed by atoms with E-state index in [0.29, 0.717) is 35.9 Å². The number of hydrogen-bond acceptors (Lipinski definition) is 7. The van der Waals surface area contributed by atoms with Crippen molar-refractivity contribution in [2.24, 2.45) is 0 Å². The van der Waals surface area contributed by atoms with Crippen molar-refractivity contribution >= 4 is 33.2 Å². The Morgan fingerprint density at radius 2 is 1.48 bits per heavy atom. The number of carbonyl (C=O) groups excluding carboxylic acids is 2. The molecule has 0 bridgehead atoms. The Morgan fingerprint density at radius 3 is 2.14 bits per heavy atom. The van der Waals surface area contributed by atoms with Crippen molar-refractivity contribution in [2.45, 2.75) is 18.2 Å². The quantitative estimate of drug-likeness (QED) is 0.220. The van der Waals surface area contributed by atoms with Gasteiger partial charge in [0.1, 0.15) is 12.3 Å². The van der Waals surface area contributed by atoms with Gasteiger partial charge in [0.25, 0.3) is 15.9 Å². The number of hydrogen-bond donors (Lipinski definition) is 2. The molecule has 4 aromatic carbocycles. The third kappa shape index (κ3) is 7.67. The number of para-hydroxylation sites is 1. The van der Waals surface area contributed by atoms with Crippen LogP contribution in [-0.2, 0) is 21.2 Å². The zero-order valence-electron chi connectivity index (χ0n) is 25.0. The molecule has 0 aliphatic heterocycles. The maximum atomic E-state index is 13.7. The lowest BCUT2D eigenvalue weighted by Gasteiger charge is -2.24. The first kappa shape index (κ1) is 31.9. The van der Waals surface area contributed by atoms with Crippen molar-refractivity contribution in [3.8, 4) is 17.2 Å². The second-order valence-corrected chi connectivity index (χ2v) is 11.7. The van der Waals surface area contributed by atoms with Crippen LogP contribution in [0.4, 0.5) is 11.4 Å². The average molecular weight is 618 g/mol. The third-order valence-corrected chi connectivity index (χ3v) is 8.64. The molecule has 11 heteroatoms. The average Bonchev–Trinajstić information content (AvgIpc) is 3.04. The molecule has 2 N–H and O–H groups in total. The van der Waals surface area contributed by atoms with Gasteiger partial charge in [0.05, 0.1) is 43.2 Å². The molecule has 0 unspecified atom stereocenters. The smallest absolute Gasteiger partial charge is 0.264 e. The summed E-state index contributed by atoms with van der Waals surface area (Å²) in [6.45, 7) is 1.69. The highest BCUT2D eigenvalue weighted by molar-refractivity contribution is 7.92. The van der Waals surface area contributed by atoms with E-state index in [0.717, 1.165) is 15.4 Å². The number of rotatable bonds is 13. The predicted molar refractivity (Wildman–Crippen MR) is 169 cm³/mol. The fourth-order valence-electron chi connectivity index (χ4n) is 4.46. The van der Waals surface area contributed by atoms with Crippen molar-refractivity contribution in [1.29, 1.82) is 0 Å². The van der Waals surface area contributed by atoms with E-state index in [1.807, 2.05) is 19.1 Å². The molecule has 4 aromatic rings. The van der Waals surface area contributed by atoms with Crippen LogP contribution in [0.5, 0.6) is 17.2 Å². The Hall–Kier alpha value is -5.03. The number of carbonyl (C=O) groups is 2. The van der Waals surface area contributed by atoms with Crippen molar-refractivity contribution in [3.05, 3.63) is 108 Å². The van der Waals surface area contributed by atoms with Crippen LogP contribution >= 0.6 is 0 Å². The number of aryl methyl sites for hydroxylation is 1. The molecule has 0 spiro atoms. The zero-order valence-corrected chi connectivity index (χ0v) is 25.8. The van der Waals surface area contributed by atoms with Crippen molar-refractivity contribution in [2.75, 3.05) is 44.0 Å². The minimum Gasteiger partial charge on any atom is -0.497 e. The van der Waals surface area contributed by atoms with Gasteiger partial charge in [0.2, 0.25) is 5.91 Å². The van der Waals surface area contributed by atoms with Crippen LogP contribution in [0.2, 0.25) is 0 Å². The van der Waals surface area contributed by atoms with E-state index in [2.05, 4.69) is 10.6 Å². The number of nitrogens with zero attached hydrogens (tertiary/aromatic N) is 1. The number of benzene rings is 4. The summed E-state index contributed by atoms with van der Waals surface area (Å²) in [6, 6.07) is 24.8. The molecule has 0 fully saturated rings. The normalized spacial score (nSPS) is 10.9. The van der Waals surface area contributed by atoms with Gasteiger partial charge in [-0.2, -0.15) is 0 Å². The second kappa shape index (κ2) is 14.4. The molecule has 230 valence electrons. The van der Waals surface area contributed by atoms with Crippen LogP contribution in [0, 0.1) is 6.92 Å². The monoisotopic (exact) mass is 617 g/mol. The molecular formula is C33H35N3O7S. The van der Waals surface area contributed by atoms with E-state index in [9.17, 15) is 18.0 Å². The van der Waals surface area contributed by atoms with E-state index in [-0.39, 0.29) is 22.1 Å². The summed E-state index contributed by atoms with van der Waals surface area (Å²) in [4.78, 5) is 26.4. The largest absolute Gasteiger partial charge is 0.497 e. The number of methoxy groups -OCH3 is 3. The van der Waals surface area contributed by atoms with Crippen molar-refractivity contribution < 1.29 is 32.2 Å². The molecule has 44 heavy (non-hydrogen) atoms. The first-order valence-corrected chi connectivity index (χ1v) is 15.2. The molecule has 0 aliphatic carbocycles. The Bertz CT molecular complexity index is 1710. The number of sulfonamides is 1. The van der Waals surface area contributed by atoms with Gasteiger partial charge in [-0.15, -0.1) is 0 Å². The van der Waals surface area contributed by atoms with Crippen LogP contribution in [-0.4, -0.2) is 54.7 Å². The van der Waals surface area contributed by atoms with E-state index in [1.165, 1.54) is 19.2 Å². The van der Waals surface area contributed by atoms with E-state index >= 15 is 0 Å². The van der Waals surface area contributed by atoms with Gasteiger partial charge in [-0.05, 0) is 79.6 Å². The van der Waals surface area contributed by atoms with Crippen LogP contribution in [0.3, 0.4) is 0 Å². The van der Waals surface area contributed by atoms with Gasteiger partial charge < -0.3 is 24.8 Å².